The molecule has 1 fully saturated rings. The van der Waals surface area contributed by atoms with Crippen LogP contribution >= 0.6 is 27.3 Å². The van der Waals surface area contributed by atoms with Gasteiger partial charge in [-0.3, -0.25) is 9.69 Å². The van der Waals surface area contributed by atoms with Crippen molar-refractivity contribution < 1.29 is 19.1 Å². The number of allylic oxidation sites excluding steroid dienone is 1. The van der Waals surface area contributed by atoms with Crippen LogP contribution in [0.15, 0.2) is 33.9 Å². The molecule has 202 valence electrons. The van der Waals surface area contributed by atoms with Crippen molar-refractivity contribution >= 4 is 50.2 Å². The highest BCUT2D eigenvalue weighted by Crippen LogP contribution is 2.46. The fraction of sp³-hybridized carbons (Fsp3) is 0.483. The van der Waals surface area contributed by atoms with Gasteiger partial charge in [0.2, 0.25) is 0 Å². The number of amides is 3. The third-order valence-corrected chi connectivity index (χ3v) is 9.39. The van der Waals surface area contributed by atoms with Crippen LogP contribution in [0.4, 0.5) is 9.80 Å². The lowest BCUT2D eigenvalue weighted by molar-refractivity contribution is -0.113. The van der Waals surface area contributed by atoms with Gasteiger partial charge in [-0.15, -0.1) is 11.3 Å². The van der Waals surface area contributed by atoms with Gasteiger partial charge in [0.05, 0.1) is 24.3 Å². The zero-order valence-electron chi connectivity index (χ0n) is 22.3. The highest BCUT2D eigenvalue weighted by molar-refractivity contribution is 9.10. The van der Waals surface area contributed by atoms with Gasteiger partial charge < -0.3 is 15.4 Å². The average molecular weight is 601 g/mol. The van der Waals surface area contributed by atoms with Crippen LogP contribution < -0.4 is 10.6 Å². The van der Waals surface area contributed by atoms with Gasteiger partial charge >= 0.3 is 12.0 Å². The number of thiophene rings is 1. The van der Waals surface area contributed by atoms with Crippen LogP contribution in [0, 0.1) is 5.92 Å². The molecular formula is C29H34BrN3O4S. The fourth-order valence-corrected chi connectivity index (χ4v) is 7.16. The molecule has 1 aliphatic heterocycles. The fourth-order valence-electron chi connectivity index (χ4n) is 5.51. The minimum atomic E-state index is -0.598. The Kier molecular flexibility index (Phi) is 7.69. The Bertz CT molecular complexity index is 1330. The Labute approximate surface area is 236 Å². The Balaban J connectivity index is 1.57. The number of carbonyl (C=O) groups excluding carboxylic acids is 3. The molecule has 2 aromatic rings. The van der Waals surface area contributed by atoms with Gasteiger partial charge in [0, 0.05) is 21.6 Å². The average Bonchev–Trinajstić information content (AvgIpc) is 3.52. The molecular weight excluding hydrogens is 566 g/mol. The molecule has 2 heterocycles. The molecule has 0 saturated heterocycles. The summed E-state index contributed by atoms with van der Waals surface area (Å²) in [6.07, 6.45) is 5.71. The summed E-state index contributed by atoms with van der Waals surface area (Å²) in [6.45, 7) is 6.61. The van der Waals surface area contributed by atoms with E-state index in [2.05, 4.69) is 46.5 Å². The second kappa shape index (κ2) is 10.8. The lowest BCUT2D eigenvalue weighted by atomic mass is 9.89. The molecule has 38 heavy (non-hydrogen) atoms. The van der Waals surface area contributed by atoms with Crippen LogP contribution in [0.1, 0.15) is 90.3 Å². The minimum absolute atomic E-state index is 0.197. The summed E-state index contributed by atoms with van der Waals surface area (Å²) < 4.78 is 5.98. The number of urea groups is 1. The Morgan fingerprint density at radius 1 is 1.24 bits per heavy atom. The molecule has 1 unspecified atom stereocenters. The molecule has 7 nitrogen and oxygen atoms in total. The molecule has 1 aromatic carbocycles. The maximum Gasteiger partial charge on any atom is 0.341 e. The van der Waals surface area contributed by atoms with Crippen molar-refractivity contribution in [3.05, 3.63) is 61.1 Å². The summed E-state index contributed by atoms with van der Waals surface area (Å²) in [7, 11) is 1.37. The largest absolute Gasteiger partial charge is 0.465 e. The highest BCUT2D eigenvalue weighted by Gasteiger charge is 2.39. The number of fused-ring (bicyclic) bond motifs is 1. The summed E-state index contributed by atoms with van der Waals surface area (Å²) in [6, 6.07) is 5.33. The molecule has 0 bridgehead atoms. The second-order valence-corrected chi connectivity index (χ2v) is 12.8. The maximum atomic E-state index is 14.1. The second-order valence-electron chi connectivity index (χ2n) is 10.8. The Hall–Kier alpha value is -2.65. The first kappa shape index (κ1) is 26.9. The molecule has 1 atom stereocenters. The van der Waals surface area contributed by atoms with Crippen molar-refractivity contribution in [1.82, 2.24) is 10.2 Å². The first-order valence-corrected chi connectivity index (χ1v) is 14.9. The number of benzene rings is 1. The van der Waals surface area contributed by atoms with E-state index >= 15 is 0 Å². The van der Waals surface area contributed by atoms with Gasteiger partial charge in [0.15, 0.2) is 0 Å². The van der Waals surface area contributed by atoms with Gasteiger partial charge in [-0.2, -0.15) is 0 Å². The molecule has 5 rings (SSSR count). The normalized spacial score (nSPS) is 19.1. The summed E-state index contributed by atoms with van der Waals surface area (Å²) in [5, 5.41) is 6.74. The molecule has 0 spiro atoms. The number of methoxy groups -OCH3 is 1. The molecule has 0 radical (unpaired) electrons. The van der Waals surface area contributed by atoms with Crippen molar-refractivity contribution in [2.75, 3.05) is 19.0 Å². The number of ether oxygens (including phenoxy) is 1. The van der Waals surface area contributed by atoms with E-state index in [0.717, 1.165) is 64.6 Å². The lowest BCUT2D eigenvalue weighted by Crippen LogP contribution is -2.49. The number of nitrogens with one attached hydrogen (secondary N) is 2. The zero-order valence-corrected chi connectivity index (χ0v) is 24.7. The van der Waals surface area contributed by atoms with Crippen LogP contribution in [0.2, 0.25) is 0 Å². The third-order valence-electron chi connectivity index (χ3n) is 7.69. The monoisotopic (exact) mass is 599 g/mol. The van der Waals surface area contributed by atoms with Crippen molar-refractivity contribution in [3.8, 4) is 0 Å². The summed E-state index contributed by atoms with van der Waals surface area (Å²) in [5.74, 6) is 0.104. The van der Waals surface area contributed by atoms with Crippen molar-refractivity contribution in [2.24, 2.45) is 5.92 Å². The van der Waals surface area contributed by atoms with Crippen LogP contribution in [-0.4, -0.2) is 36.5 Å². The first-order chi connectivity index (χ1) is 18.2. The molecule has 2 aliphatic carbocycles. The molecule has 3 amide bonds. The minimum Gasteiger partial charge on any atom is -0.465 e. The standard InChI is InChI=1S/C29H34BrN3O4S/c1-15(2)12-13-33-16(3)23(25(31-29(33)36)21-14-18(30)10-11-19(21)17-8-9-17)26(34)32-27-24(28(35)37-4)20-6-5-7-22(20)38-27/h10-11,14-15,17,25H,5-9,12-13H2,1-4H3,(H,31,36)(H,32,34). The van der Waals surface area contributed by atoms with E-state index in [1.54, 1.807) is 4.90 Å². The first-order valence-electron chi connectivity index (χ1n) is 13.3. The summed E-state index contributed by atoms with van der Waals surface area (Å²) in [5.41, 5.74) is 4.69. The topological polar surface area (TPSA) is 87.7 Å². The van der Waals surface area contributed by atoms with Crippen molar-refractivity contribution in [2.45, 2.75) is 71.3 Å². The predicted molar refractivity (Wildman–Crippen MR) is 153 cm³/mol. The van der Waals surface area contributed by atoms with Gasteiger partial charge in [-0.05, 0) is 86.1 Å². The smallest absolute Gasteiger partial charge is 0.341 e. The van der Waals surface area contributed by atoms with Crippen LogP contribution in [-0.2, 0) is 22.4 Å². The number of carbonyl (C=O) groups is 3. The maximum absolute atomic E-state index is 14.1. The van der Waals surface area contributed by atoms with E-state index in [1.165, 1.54) is 18.4 Å². The summed E-state index contributed by atoms with van der Waals surface area (Å²) >= 11 is 5.05. The zero-order chi connectivity index (χ0) is 27.1. The number of nitrogens with zero attached hydrogens (tertiary/aromatic N) is 1. The molecule has 1 aromatic heterocycles. The lowest BCUT2D eigenvalue weighted by Gasteiger charge is -2.37. The van der Waals surface area contributed by atoms with Gasteiger partial charge in [0.1, 0.15) is 5.00 Å². The number of aryl methyl sites for hydroxylation is 1. The molecule has 3 aliphatic rings. The van der Waals surface area contributed by atoms with Crippen LogP contribution in [0.5, 0.6) is 0 Å². The predicted octanol–water partition coefficient (Wildman–Crippen LogP) is 6.69. The van der Waals surface area contributed by atoms with Gasteiger partial charge in [-0.25, -0.2) is 9.59 Å². The van der Waals surface area contributed by atoms with Crippen LogP contribution in [0.3, 0.4) is 0 Å². The molecule has 9 heteroatoms. The number of halogens is 1. The number of anilines is 1. The quantitative estimate of drug-likeness (QED) is 0.331. The van der Waals surface area contributed by atoms with E-state index in [1.807, 2.05) is 19.1 Å². The molecule has 1 saturated carbocycles. The number of hydrogen-bond donors (Lipinski definition) is 2. The van der Waals surface area contributed by atoms with E-state index in [9.17, 15) is 14.4 Å². The van der Waals surface area contributed by atoms with Gasteiger partial charge in [-0.1, -0.05) is 35.8 Å². The van der Waals surface area contributed by atoms with E-state index in [0.29, 0.717) is 40.2 Å². The van der Waals surface area contributed by atoms with E-state index in [-0.39, 0.29) is 11.9 Å². The third kappa shape index (κ3) is 5.15. The van der Waals surface area contributed by atoms with Gasteiger partial charge in [0.25, 0.3) is 5.91 Å². The highest BCUT2D eigenvalue weighted by atomic mass is 79.9. The van der Waals surface area contributed by atoms with Crippen molar-refractivity contribution in [3.63, 3.8) is 0 Å². The number of esters is 1. The SMILES string of the molecule is COC(=O)c1c(NC(=O)C2=C(C)N(CCC(C)C)C(=O)NC2c2cc(Br)ccc2C2CC2)sc2c1CCC2. The van der Waals surface area contributed by atoms with E-state index in [4.69, 9.17) is 4.74 Å². The van der Waals surface area contributed by atoms with E-state index < -0.39 is 12.0 Å². The Morgan fingerprint density at radius 3 is 2.68 bits per heavy atom. The Morgan fingerprint density at radius 2 is 2.00 bits per heavy atom. The van der Waals surface area contributed by atoms with Crippen LogP contribution in [0.25, 0.3) is 0 Å². The molecule has 2 N–H and O–H groups in total. The number of rotatable bonds is 8. The van der Waals surface area contributed by atoms with Crippen molar-refractivity contribution in [1.29, 1.82) is 0 Å². The summed E-state index contributed by atoms with van der Waals surface area (Å²) in [4.78, 5) is 43.0. The number of hydrogen-bond acceptors (Lipinski definition) is 5.